The summed E-state index contributed by atoms with van der Waals surface area (Å²) >= 11 is 0. The van der Waals surface area contributed by atoms with E-state index in [1.807, 2.05) is 30.8 Å². The van der Waals surface area contributed by atoms with Crippen LogP contribution in [-0.4, -0.2) is 96.2 Å². The van der Waals surface area contributed by atoms with Gasteiger partial charge in [-0.25, -0.2) is 0 Å². The minimum Gasteiger partial charge on any atom is -0.493 e. The summed E-state index contributed by atoms with van der Waals surface area (Å²) in [5.41, 5.74) is 3.41. The van der Waals surface area contributed by atoms with Gasteiger partial charge in [-0.1, -0.05) is 6.07 Å². The molecule has 2 aromatic rings. The van der Waals surface area contributed by atoms with Crippen molar-refractivity contribution in [2.75, 3.05) is 60.5 Å². The highest BCUT2D eigenvalue weighted by Crippen LogP contribution is 2.29. The number of likely N-dealkylation sites (N-methyl/N-ethyl adjacent to an activating group) is 1. The third-order valence-corrected chi connectivity index (χ3v) is 5.73. The van der Waals surface area contributed by atoms with Crippen LogP contribution in [0.3, 0.4) is 0 Å². The molecule has 1 aromatic carbocycles. The van der Waals surface area contributed by atoms with Gasteiger partial charge < -0.3 is 19.5 Å². The zero-order valence-electron chi connectivity index (χ0n) is 19.5. The highest BCUT2D eigenvalue weighted by molar-refractivity contribution is 5.43. The molecule has 1 fully saturated rings. The van der Waals surface area contributed by atoms with Crippen LogP contribution in [0.15, 0.2) is 24.4 Å². The summed E-state index contributed by atoms with van der Waals surface area (Å²) in [4.78, 5) is 6.84. The molecule has 1 saturated heterocycles. The molecular formula is C23H37N5O3. The molecule has 1 aliphatic heterocycles. The lowest BCUT2D eigenvalue weighted by atomic mass is 10.1. The van der Waals surface area contributed by atoms with Crippen LogP contribution in [0.25, 0.3) is 0 Å². The van der Waals surface area contributed by atoms with Gasteiger partial charge in [0.05, 0.1) is 12.8 Å². The zero-order chi connectivity index (χ0) is 22.4. The molecule has 8 heteroatoms. The maximum Gasteiger partial charge on any atom is 0.161 e. The number of aliphatic hydroxyl groups is 1. The fourth-order valence-corrected chi connectivity index (χ4v) is 3.96. The van der Waals surface area contributed by atoms with Crippen molar-refractivity contribution in [3.63, 3.8) is 0 Å². The van der Waals surface area contributed by atoms with Crippen molar-refractivity contribution < 1.29 is 14.6 Å². The monoisotopic (exact) mass is 431 g/mol. The predicted molar refractivity (Wildman–Crippen MR) is 122 cm³/mol. The van der Waals surface area contributed by atoms with E-state index in [2.05, 4.69) is 46.2 Å². The Morgan fingerprint density at radius 3 is 2.52 bits per heavy atom. The number of rotatable bonds is 10. The molecule has 2 heterocycles. The number of β-amino-alcohol motifs (C(OH)–C–C–N with tert-alkyl or cyclic N) is 1. The summed E-state index contributed by atoms with van der Waals surface area (Å²) < 4.78 is 13.3. The molecule has 8 nitrogen and oxygen atoms in total. The lowest BCUT2D eigenvalue weighted by Gasteiger charge is -2.33. The Morgan fingerprint density at radius 2 is 1.87 bits per heavy atom. The Hall–Kier alpha value is -2.13. The first-order valence-electron chi connectivity index (χ1n) is 10.9. The van der Waals surface area contributed by atoms with Gasteiger partial charge in [0, 0.05) is 64.6 Å². The third-order valence-electron chi connectivity index (χ3n) is 5.73. The van der Waals surface area contributed by atoms with Crippen molar-refractivity contribution in [2.45, 2.75) is 26.1 Å². The lowest BCUT2D eigenvalue weighted by Crippen LogP contribution is -2.47. The maximum atomic E-state index is 10.5. The summed E-state index contributed by atoms with van der Waals surface area (Å²) in [6, 6.07) is 5.99. The van der Waals surface area contributed by atoms with Gasteiger partial charge in [0.25, 0.3) is 0 Å². The molecular weight excluding hydrogens is 394 g/mol. The molecule has 0 unspecified atom stereocenters. The van der Waals surface area contributed by atoms with Gasteiger partial charge >= 0.3 is 0 Å². The van der Waals surface area contributed by atoms with E-state index in [-0.39, 0.29) is 6.61 Å². The quantitative estimate of drug-likeness (QED) is 0.609. The van der Waals surface area contributed by atoms with E-state index >= 15 is 0 Å². The first-order valence-corrected chi connectivity index (χ1v) is 10.9. The Balaban J connectivity index is 1.55. The first kappa shape index (κ1) is 23.5. The first-order chi connectivity index (χ1) is 14.8. The van der Waals surface area contributed by atoms with Crippen molar-refractivity contribution in [1.29, 1.82) is 0 Å². The summed E-state index contributed by atoms with van der Waals surface area (Å²) in [5, 5.41) is 14.9. The second kappa shape index (κ2) is 10.9. The fraction of sp³-hybridized carbons (Fsp3) is 0.609. The number of nitrogens with zero attached hydrogens (tertiary/aromatic N) is 5. The van der Waals surface area contributed by atoms with Crippen LogP contribution in [-0.2, 0) is 20.1 Å². The molecule has 1 N–H and O–H groups in total. The second-order valence-electron chi connectivity index (χ2n) is 8.64. The second-order valence-corrected chi connectivity index (χ2v) is 8.64. The Kier molecular flexibility index (Phi) is 8.31. The molecule has 0 radical (unpaired) electrons. The van der Waals surface area contributed by atoms with Crippen LogP contribution in [0.1, 0.15) is 16.8 Å². The van der Waals surface area contributed by atoms with Crippen molar-refractivity contribution in [3.8, 4) is 11.5 Å². The van der Waals surface area contributed by atoms with E-state index in [0.29, 0.717) is 18.0 Å². The molecule has 0 bridgehead atoms. The van der Waals surface area contributed by atoms with Gasteiger partial charge in [-0.2, -0.15) is 5.10 Å². The predicted octanol–water partition coefficient (Wildman–Crippen LogP) is 1.36. The SMILES string of the molecule is COc1ccc(CN(C)Cc2cn(C)nc2C)cc1OC[C@@H](O)CN1CCN(C)CC1. The number of methoxy groups -OCH3 is 1. The zero-order valence-corrected chi connectivity index (χ0v) is 19.5. The molecule has 0 spiro atoms. The van der Waals surface area contributed by atoms with Crippen LogP contribution in [0.2, 0.25) is 0 Å². The Bertz CT molecular complexity index is 833. The van der Waals surface area contributed by atoms with Crippen LogP contribution < -0.4 is 9.47 Å². The summed E-state index contributed by atoms with van der Waals surface area (Å²) in [5.74, 6) is 1.35. The van der Waals surface area contributed by atoms with Gasteiger partial charge in [0.2, 0.25) is 0 Å². The fourth-order valence-electron chi connectivity index (χ4n) is 3.96. The van der Waals surface area contributed by atoms with Crippen LogP contribution in [0.4, 0.5) is 0 Å². The summed E-state index contributed by atoms with van der Waals surface area (Å²) in [6.45, 7) is 8.55. The minimum absolute atomic E-state index is 0.247. The largest absolute Gasteiger partial charge is 0.493 e. The number of aliphatic hydroxyl groups excluding tert-OH is 1. The maximum absolute atomic E-state index is 10.5. The molecule has 1 atom stereocenters. The molecule has 1 aliphatic rings. The van der Waals surface area contributed by atoms with E-state index in [9.17, 15) is 5.11 Å². The number of aromatic nitrogens is 2. The molecule has 0 aliphatic carbocycles. The highest BCUT2D eigenvalue weighted by atomic mass is 16.5. The van der Waals surface area contributed by atoms with E-state index in [1.54, 1.807) is 7.11 Å². The van der Waals surface area contributed by atoms with Gasteiger partial charge in [-0.3, -0.25) is 14.5 Å². The number of hydrogen-bond acceptors (Lipinski definition) is 7. The van der Waals surface area contributed by atoms with Crippen LogP contribution >= 0.6 is 0 Å². The van der Waals surface area contributed by atoms with Gasteiger partial charge in [0.1, 0.15) is 12.7 Å². The third kappa shape index (κ3) is 6.93. The topological polar surface area (TPSA) is 66.2 Å². The van der Waals surface area contributed by atoms with E-state index in [0.717, 1.165) is 50.5 Å². The number of piperazine rings is 1. The van der Waals surface area contributed by atoms with Crippen molar-refractivity contribution in [2.24, 2.45) is 7.05 Å². The number of benzene rings is 1. The summed E-state index contributed by atoms with van der Waals surface area (Å²) in [7, 11) is 7.81. The smallest absolute Gasteiger partial charge is 0.161 e. The minimum atomic E-state index is -0.534. The normalized spacial score (nSPS) is 16.6. The molecule has 172 valence electrons. The molecule has 1 aromatic heterocycles. The van der Waals surface area contributed by atoms with Crippen molar-refractivity contribution >= 4 is 0 Å². The molecule has 0 saturated carbocycles. The summed E-state index contributed by atoms with van der Waals surface area (Å²) in [6.07, 6.45) is 1.53. The number of hydrogen-bond donors (Lipinski definition) is 1. The van der Waals surface area contributed by atoms with Gasteiger partial charge in [-0.05, 0) is 38.7 Å². The average molecular weight is 432 g/mol. The van der Waals surface area contributed by atoms with Gasteiger partial charge in [-0.15, -0.1) is 0 Å². The van der Waals surface area contributed by atoms with Crippen molar-refractivity contribution in [3.05, 3.63) is 41.2 Å². The Labute approximate surface area is 185 Å². The highest BCUT2D eigenvalue weighted by Gasteiger charge is 2.18. The number of ether oxygens (including phenoxy) is 2. The van der Waals surface area contributed by atoms with E-state index in [1.165, 1.54) is 5.56 Å². The standard InChI is InChI=1S/C23H37N5O3/c1-18-20(15-27(4)24-18)14-26(3)13-19-6-7-22(30-5)23(12-19)31-17-21(29)16-28-10-8-25(2)9-11-28/h6-7,12,15,21,29H,8-11,13-14,16-17H2,1-5H3/t21-/m0/s1. The number of aryl methyl sites for hydroxylation is 2. The lowest BCUT2D eigenvalue weighted by molar-refractivity contribution is 0.0497. The van der Waals surface area contributed by atoms with Crippen LogP contribution in [0.5, 0.6) is 11.5 Å². The van der Waals surface area contributed by atoms with E-state index < -0.39 is 6.10 Å². The van der Waals surface area contributed by atoms with Crippen LogP contribution in [0, 0.1) is 6.92 Å². The average Bonchev–Trinajstić information content (AvgIpc) is 3.04. The molecule has 0 amide bonds. The molecule has 31 heavy (non-hydrogen) atoms. The van der Waals surface area contributed by atoms with E-state index in [4.69, 9.17) is 9.47 Å². The molecule has 3 rings (SSSR count). The Morgan fingerprint density at radius 1 is 1.13 bits per heavy atom. The van der Waals surface area contributed by atoms with Gasteiger partial charge in [0.15, 0.2) is 11.5 Å². The van der Waals surface area contributed by atoms with Crippen molar-refractivity contribution in [1.82, 2.24) is 24.5 Å².